The number of carbonyl (C=O) groups excluding carboxylic acids is 2. The van der Waals surface area contributed by atoms with E-state index in [1.165, 1.54) is 69.7 Å². The van der Waals surface area contributed by atoms with E-state index in [1.807, 2.05) is 0 Å². The number of halogens is 6. The van der Waals surface area contributed by atoms with Crippen molar-refractivity contribution in [3.63, 3.8) is 0 Å². The number of urea groups is 1. The monoisotopic (exact) mass is 733 g/mol. The van der Waals surface area contributed by atoms with E-state index >= 15 is 0 Å². The lowest BCUT2D eigenvalue weighted by Gasteiger charge is -2.23. The van der Waals surface area contributed by atoms with Gasteiger partial charge in [0.15, 0.2) is 11.5 Å². The van der Waals surface area contributed by atoms with Crippen molar-refractivity contribution in [3.05, 3.63) is 84.2 Å². The topological polar surface area (TPSA) is 204 Å². The molecule has 4 N–H and O–H groups in total. The van der Waals surface area contributed by atoms with E-state index in [4.69, 9.17) is 25.7 Å². The summed E-state index contributed by atoms with van der Waals surface area (Å²) in [6.45, 7) is 2.92. The Morgan fingerprint density at radius 3 is 1.62 bits per heavy atom. The van der Waals surface area contributed by atoms with Gasteiger partial charge in [-0.25, -0.2) is 19.6 Å². The average molecular weight is 734 g/mol. The maximum Gasteiger partial charge on any atom is 0.573 e. The number of nitrogens with two attached hydrogens (primary N) is 1. The second-order valence-corrected chi connectivity index (χ2v) is 10.3. The molecule has 2 aromatic heterocycles. The minimum Gasteiger partial charge on any atom is -0.467 e. The number of aromatic nitrogens is 2. The molecule has 272 valence electrons. The van der Waals surface area contributed by atoms with Crippen LogP contribution in [0.1, 0.15) is 25.0 Å². The Labute approximate surface area is 290 Å². The molecule has 0 spiro atoms. The zero-order valence-electron chi connectivity index (χ0n) is 26.9. The van der Waals surface area contributed by atoms with Crippen molar-refractivity contribution in [2.75, 3.05) is 18.2 Å². The molecule has 14 nitrogen and oxygen atoms in total. The molecule has 0 aliphatic rings. The van der Waals surface area contributed by atoms with Gasteiger partial charge in [0.05, 0.1) is 42.0 Å². The number of hydrogen-bond donors (Lipinski definition) is 3. The summed E-state index contributed by atoms with van der Waals surface area (Å²) in [7, 11) is 1.19. The van der Waals surface area contributed by atoms with Gasteiger partial charge >= 0.3 is 24.7 Å². The summed E-state index contributed by atoms with van der Waals surface area (Å²) in [4.78, 5) is 31.4. The molecule has 52 heavy (non-hydrogen) atoms. The highest BCUT2D eigenvalue weighted by atomic mass is 19.4. The van der Waals surface area contributed by atoms with Crippen molar-refractivity contribution in [1.29, 1.82) is 10.5 Å². The third kappa shape index (κ3) is 12.5. The fourth-order valence-corrected chi connectivity index (χ4v) is 3.70. The number of pyridine rings is 2. The van der Waals surface area contributed by atoms with E-state index in [1.54, 1.807) is 12.1 Å². The summed E-state index contributed by atoms with van der Waals surface area (Å²) < 4.78 is 97.0. The van der Waals surface area contributed by atoms with Crippen molar-refractivity contribution in [2.45, 2.75) is 32.1 Å². The number of benzene rings is 2. The van der Waals surface area contributed by atoms with E-state index in [-0.39, 0.29) is 40.1 Å². The fraction of sp³-hybridized carbons (Fsp3) is 0.188. The fourth-order valence-electron chi connectivity index (χ4n) is 3.70. The lowest BCUT2D eigenvalue weighted by Crippen LogP contribution is -2.51. The van der Waals surface area contributed by atoms with Gasteiger partial charge in [0.25, 0.3) is 0 Å². The Hall–Kier alpha value is -6.96. The van der Waals surface area contributed by atoms with Crippen molar-refractivity contribution in [1.82, 2.24) is 15.3 Å². The maximum absolute atomic E-state index is 12.5. The molecule has 0 unspecified atom stereocenters. The Morgan fingerprint density at radius 2 is 1.23 bits per heavy atom. The molecule has 2 heterocycles. The summed E-state index contributed by atoms with van der Waals surface area (Å²) in [6, 6.07) is 15.0. The first-order valence-electron chi connectivity index (χ1n) is 14.1. The summed E-state index contributed by atoms with van der Waals surface area (Å²) in [5.41, 5.74) is 4.28. The number of amides is 2. The molecule has 4 aromatic rings. The number of methoxy groups -OCH3 is 1. The molecule has 0 radical (unpaired) electrons. The molecule has 0 saturated carbocycles. The molecule has 2 aromatic carbocycles. The largest absolute Gasteiger partial charge is 0.573 e. The number of rotatable bonds is 9. The Morgan fingerprint density at radius 1 is 0.750 bits per heavy atom. The number of nitrogens with zero attached hydrogens (tertiary/aromatic N) is 4. The predicted octanol–water partition coefficient (Wildman–Crippen LogP) is 6.94. The van der Waals surface area contributed by atoms with E-state index in [9.17, 15) is 35.9 Å². The zero-order valence-corrected chi connectivity index (χ0v) is 26.9. The molecule has 0 saturated heterocycles. The van der Waals surface area contributed by atoms with E-state index in [0.717, 1.165) is 24.3 Å². The summed E-state index contributed by atoms with van der Waals surface area (Å²) in [6.07, 6.45) is -7.30. The van der Waals surface area contributed by atoms with Crippen molar-refractivity contribution < 1.29 is 59.6 Å². The van der Waals surface area contributed by atoms with E-state index in [0.29, 0.717) is 5.69 Å². The van der Waals surface area contributed by atoms with Crippen LogP contribution in [0.3, 0.4) is 0 Å². The van der Waals surface area contributed by atoms with Crippen LogP contribution in [0.5, 0.6) is 34.8 Å². The van der Waals surface area contributed by atoms with Gasteiger partial charge in [-0.05, 0) is 50.2 Å². The van der Waals surface area contributed by atoms with Gasteiger partial charge in [0, 0.05) is 24.3 Å². The van der Waals surface area contributed by atoms with Gasteiger partial charge in [0.2, 0.25) is 11.8 Å². The Bertz CT molecular complexity index is 1960. The number of nitrogen functional groups attached to an aromatic ring is 1. The molecule has 0 bridgehead atoms. The van der Waals surface area contributed by atoms with E-state index < -0.39 is 41.8 Å². The zero-order chi connectivity index (χ0) is 38.7. The van der Waals surface area contributed by atoms with E-state index in [2.05, 4.69) is 34.8 Å². The van der Waals surface area contributed by atoms with Gasteiger partial charge in [-0.15, -0.1) is 26.3 Å². The van der Waals surface area contributed by atoms with Crippen LogP contribution in [0.15, 0.2) is 73.1 Å². The first-order chi connectivity index (χ1) is 24.3. The first-order valence-corrected chi connectivity index (χ1v) is 14.1. The van der Waals surface area contributed by atoms with Crippen molar-refractivity contribution in [2.24, 2.45) is 0 Å². The van der Waals surface area contributed by atoms with Crippen LogP contribution in [0.25, 0.3) is 0 Å². The number of carbonyl (C=O) groups is 2. The number of nitriles is 2. The van der Waals surface area contributed by atoms with Gasteiger partial charge in [0.1, 0.15) is 29.2 Å². The van der Waals surface area contributed by atoms with Crippen LogP contribution in [0.4, 0.5) is 42.5 Å². The smallest absolute Gasteiger partial charge is 0.467 e. The summed E-state index contributed by atoms with van der Waals surface area (Å²) in [5, 5.41) is 22.6. The van der Waals surface area contributed by atoms with Crippen molar-refractivity contribution >= 4 is 23.4 Å². The average Bonchev–Trinajstić information content (AvgIpc) is 3.05. The Balaban J connectivity index is 0.000000302. The summed E-state index contributed by atoms with van der Waals surface area (Å²) >= 11 is 0. The first kappa shape index (κ1) is 39.5. The Kier molecular flexibility index (Phi) is 12.6. The van der Waals surface area contributed by atoms with Gasteiger partial charge in [-0.2, -0.15) is 10.5 Å². The predicted molar refractivity (Wildman–Crippen MR) is 167 cm³/mol. The quantitative estimate of drug-likeness (QED) is 0.118. The maximum atomic E-state index is 12.5. The minimum absolute atomic E-state index is 0.00325. The van der Waals surface area contributed by atoms with Gasteiger partial charge in [-0.3, -0.25) is 0 Å². The molecule has 2 amide bonds. The molecule has 0 aliphatic carbocycles. The minimum atomic E-state index is -4.97. The number of anilines is 2. The van der Waals surface area contributed by atoms with Gasteiger partial charge < -0.3 is 40.1 Å². The SMILES string of the molecule is COC(=O)C(C)(C)NC(=O)Nc1ccc(Oc2ccc(C#N)c(OC(F)(F)F)c2)nc1.N#Cc1ccc(Oc2ccc(N)cn2)cc1OC(F)(F)F. The van der Waals surface area contributed by atoms with Crippen LogP contribution in [0, 0.1) is 22.7 Å². The number of esters is 1. The number of nitrogens with one attached hydrogen (secondary N) is 2. The highest BCUT2D eigenvalue weighted by molar-refractivity contribution is 5.93. The standard InChI is InChI=1S/C19H17F3N4O5.C13H8F3N3O2/c1-18(2,16(27)29-3)26-17(28)25-12-5-7-15(24-10-12)30-13-6-4-11(9-23)14(8-13)31-19(20,21)22;14-13(15,16)21-11-5-10(3-1-8(11)6-17)20-12-4-2-9(18)7-19-12/h4-8,10H,1-3H3,(H2,25,26,28);1-5,7H,18H2. The lowest BCUT2D eigenvalue weighted by atomic mass is 10.1. The van der Waals surface area contributed by atoms with Gasteiger partial charge in [-0.1, -0.05) is 0 Å². The third-order valence-electron chi connectivity index (χ3n) is 5.92. The normalized spacial score (nSPS) is 11.0. The van der Waals surface area contributed by atoms with Crippen LogP contribution >= 0.6 is 0 Å². The molecular formula is C32H25F6N7O7. The van der Waals surface area contributed by atoms with Crippen LogP contribution < -0.4 is 35.3 Å². The lowest BCUT2D eigenvalue weighted by molar-refractivity contribution is -0.275. The highest BCUT2D eigenvalue weighted by Crippen LogP contribution is 2.33. The second kappa shape index (κ2) is 16.6. The van der Waals surface area contributed by atoms with Crippen molar-refractivity contribution in [3.8, 4) is 46.9 Å². The molecule has 0 aliphatic heterocycles. The third-order valence-corrected chi connectivity index (χ3v) is 5.92. The molecule has 4 rings (SSSR count). The number of ether oxygens (including phenoxy) is 5. The van der Waals surface area contributed by atoms with Crippen LogP contribution in [-0.2, 0) is 9.53 Å². The molecule has 0 fully saturated rings. The van der Waals surface area contributed by atoms with Crippen LogP contribution in [0.2, 0.25) is 0 Å². The second-order valence-electron chi connectivity index (χ2n) is 10.3. The number of hydrogen-bond acceptors (Lipinski definition) is 12. The summed E-state index contributed by atoms with van der Waals surface area (Å²) in [5.74, 6) is -1.85. The number of alkyl halides is 6. The molecule has 20 heteroatoms. The molecular weight excluding hydrogens is 708 g/mol. The van der Waals surface area contributed by atoms with Crippen LogP contribution in [-0.4, -0.2) is 47.3 Å². The highest BCUT2D eigenvalue weighted by Gasteiger charge is 2.33. The molecule has 0 atom stereocenters.